The molecule has 0 bridgehead atoms. The molecule has 0 fully saturated rings. The van der Waals surface area contributed by atoms with Gasteiger partial charge in [-0.15, -0.1) is 23.2 Å². The molecule has 0 heterocycles. The van der Waals surface area contributed by atoms with Crippen molar-refractivity contribution in [2.24, 2.45) is 0 Å². The van der Waals surface area contributed by atoms with Crippen LogP contribution >= 0.6 is 23.2 Å². The first-order chi connectivity index (χ1) is 9.83. The third-order valence-corrected chi connectivity index (χ3v) is 3.18. The zero-order valence-corrected chi connectivity index (χ0v) is 11.6. The van der Waals surface area contributed by atoms with Crippen molar-refractivity contribution in [2.45, 2.75) is 35.9 Å². The van der Waals surface area contributed by atoms with Gasteiger partial charge in [0.25, 0.3) is 0 Å². The number of halogens is 14. The first kappa shape index (κ1) is 22.7. The van der Waals surface area contributed by atoms with Crippen LogP contribution in [0.3, 0.4) is 0 Å². The normalized spacial score (nSPS) is 20.1. The number of ether oxygens (including phenoxy) is 1. The van der Waals surface area contributed by atoms with Crippen molar-refractivity contribution in [3.8, 4) is 0 Å². The largest absolute Gasteiger partial charge is 0.432 e. The van der Waals surface area contributed by atoms with Crippen LogP contribution in [0.15, 0.2) is 0 Å². The topological polar surface area (TPSA) is 9.23 Å². The van der Waals surface area contributed by atoms with Crippen molar-refractivity contribution in [3.05, 3.63) is 0 Å². The Balaban J connectivity index is 5.94. The molecule has 0 saturated carbocycles. The number of rotatable bonds is 6. The van der Waals surface area contributed by atoms with E-state index in [-0.39, 0.29) is 0 Å². The van der Waals surface area contributed by atoms with Crippen LogP contribution in [-0.4, -0.2) is 47.7 Å². The van der Waals surface area contributed by atoms with Crippen molar-refractivity contribution in [1.82, 2.24) is 0 Å². The van der Waals surface area contributed by atoms with Crippen molar-refractivity contribution in [1.29, 1.82) is 0 Å². The number of hydrogen-bond donors (Lipinski definition) is 0. The average molecular weight is 415 g/mol. The summed E-state index contributed by atoms with van der Waals surface area (Å²) in [5.41, 5.74) is -12.0. The van der Waals surface area contributed by atoms with Crippen LogP contribution in [0.2, 0.25) is 0 Å². The van der Waals surface area contributed by atoms with Gasteiger partial charge in [-0.25, -0.2) is 13.5 Å². The van der Waals surface area contributed by atoms with Crippen LogP contribution in [0.25, 0.3) is 0 Å². The van der Waals surface area contributed by atoms with Crippen LogP contribution in [0.1, 0.15) is 0 Å². The number of alkyl halides is 14. The monoisotopic (exact) mass is 414 g/mol. The van der Waals surface area contributed by atoms with Crippen LogP contribution in [-0.2, 0) is 4.74 Å². The van der Waals surface area contributed by atoms with Crippen molar-refractivity contribution in [2.75, 3.05) is 11.8 Å². The quantitative estimate of drug-likeness (QED) is 0.428. The minimum Gasteiger partial charge on any atom is -0.249 e. The molecule has 0 spiro atoms. The highest BCUT2D eigenvalue weighted by Gasteiger charge is 2.79. The second-order valence-electron chi connectivity index (χ2n) is 4.00. The SMILES string of the molecule is FC(F)(F)C(F)(CCl)C(F)(F)OC(F)(F)C(F)(CCl)C(F)(F)F. The van der Waals surface area contributed by atoms with E-state index in [1.54, 1.807) is 0 Å². The van der Waals surface area contributed by atoms with Crippen molar-refractivity contribution in [3.63, 3.8) is 0 Å². The third kappa shape index (κ3) is 3.70. The third-order valence-electron chi connectivity index (χ3n) is 2.45. The predicted octanol–water partition coefficient (Wildman–Crippen LogP) is 5.21. The molecule has 140 valence electrons. The molecule has 0 aliphatic carbocycles. The first-order valence-electron chi connectivity index (χ1n) is 4.92. The van der Waals surface area contributed by atoms with Gasteiger partial charge in [0.2, 0.25) is 0 Å². The van der Waals surface area contributed by atoms with E-state index in [1.807, 2.05) is 4.74 Å². The van der Waals surface area contributed by atoms with E-state index in [4.69, 9.17) is 0 Å². The summed E-state index contributed by atoms with van der Waals surface area (Å²) in [4.78, 5) is 0. The van der Waals surface area contributed by atoms with Crippen molar-refractivity contribution < 1.29 is 57.4 Å². The molecule has 0 rings (SSSR count). The molecule has 15 heteroatoms. The Bertz CT molecular complexity index is 382. The summed E-state index contributed by atoms with van der Waals surface area (Å²) in [6.07, 6.45) is -26.6. The fourth-order valence-corrected chi connectivity index (χ4v) is 1.57. The van der Waals surface area contributed by atoms with Gasteiger partial charge in [0, 0.05) is 0 Å². The molecular weight excluding hydrogens is 411 g/mol. The molecule has 0 radical (unpaired) electrons. The molecule has 0 aliphatic rings. The van der Waals surface area contributed by atoms with Gasteiger partial charge in [-0.1, -0.05) is 0 Å². The maximum absolute atomic E-state index is 13.2. The van der Waals surface area contributed by atoms with E-state index in [0.717, 1.165) is 0 Å². The van der Waals surface area contributed by atoms with Gasteiger partial charge in [0.15, 0.2) is 0 Å². The van der Waals surface area contributed by atoms with E-state index in [2.05, 4.69) is 23.2 Å². The summed E-state index contributed by atoms with van der Waals surface area (Å²) in [5, 5.41) is 0. The highest BCUT2D eigenvalue weighted by molar-refractivity contribution is 6.19. The lowest BCUT2D eigenvalue weighted by Gasteiger charge is -2.38. The second kappa shape index (κ2) is 6.21. The van der Waals surface area contributed by atoms with Crippen molar-refractivity contribution >= 4 is 23.2 Å². The Morgan fingerprint density at radius 2 is 0.739 bits per heavy atom. The zero-order valence-electron chi connectivity index (χ0n) is 10.1. The maximum atomic E-state index is 13.2. The predicted molar refractivity (Wildman–Crippen MR) is 52.2 cm³/mol. The minimum atomic E-state index is -6.68. The summed E-state index contributed by atoms with van der Waals surface area (Å²) in [6.45, 7) is 0. The fraction of sp³-hybridized carbons (Fsp3) is 1.00. The van der Waals surface area contributed by atoms with Gasteiger partial charge >= 0.3 is 35.9 Å². The van der Waals surface area contributed by atoms with E-state index in [9.17, 15) is 52.7 Å². The Morgan fingerprint density at radius 1 is 0.522 bits per heavy atom. The first-order valence-corrected chi connectivity index (χ1v) is 5.99. The molecule has 0 aromatic carbocycles. The van der Waals surface area contributed by atoms with E-state index < -0.39 is 47.7 Å². The summed E-state index contributed by atoms with van der Waals surface area (Å²) in [6, 6.07) is 0. The summed E-state index contributed by atoms with van der Waals surface area (Å²) < 4.78 is 154. The number of hydrogen-bond acceptors (Lipinski definition) is 1. The smallest absolute Gasteiger partial charge is 0.249 e. The standard InChI is InChI=1S/C8H4Cl2F12O/c9-1-3(11,5(13,14)15)7(19,20)23-8(21,22)4(12,2-10)6(16,17)18/h1-2H2. The summed E-state index contributed by atoms with van der Waals surface area (Å²) >= 11 is 8.61. The molecule has 0 aliphatic heterocycles. The fourth-order valence-electron chi connectivity index (χ4n) is 0.960. The van der Waals surface area contributed by atoms with E-state index in [1.165, 1.54) is 0 Å². The van der Waals surface area contributed by atoms with Crippen LogP contribution in [0, 0.1) is 0 Å². The van der Waals surface area contributed by atoms with Gasteiger partial charge in [0.05, 0.1) is 11.8 Å². The summed E-state index contributed by atoms with van der Waals surface area (Å²) in [5.74, 6) is -5.46. The Morgan fingerprint density at radius 3 is 0.870 bits per heavy atom. The lowest BCUT2D eigenvalue weighted by Crippen LogP contribution is -2.65. The molecule has 0 aromatic rings. The van der Waals surface area contributed by atoms with Gasteiger partial charge < -0.3 is 0 Å². The van der Waals surface area contributed by atoms with E-state index >= 15 is 0 Å². The van der Waals surface area contributed by atoms with Crippen LogP contribution < -0.4 is 0 Å². The molecule has 2 unspecified atom stereocenters. The molecule has 1 nitrogen and oxygen atoms in total. The molecule has 0 amide bonds. The molecule has 2 atom stereocenters. The summed E-state index contributed by atoms with van der Waals surface area (Å²) in [7, 11) is 0. The van der Waals surface area contributed by atoms with Gasteiger partial charge in [-0.2, -0.15) is 43.9 Å². The Labute approximate surface area is 129 Å². The molecule has 23 heavy (non-hydrogen) atoms. The molecule has 0 saturated heterocycles. The minimum absolute atomic E-state index is 1.96. The second-order valence-corrected chi connectivity index (χ2v) is 4.54. The lowest BCUT2D eigenvalue weighted by atomic mass is 10.1. The zero-order chi connectivity index (χ0) is 19.1. The lowest BCUT2D eigenvalue weighted by molar-refractivity contribution is -0.476. The highest BCUT2D eigenvalue weighted by Crippen LogP contribution is 2.53. The average Bonchev–Trinajstić information content (AvgIpc) is 2.31. The van der Waals surface area contributed by atoms with Gasteiger partial charge in [0.1, 0.15) is 0 Å². The van der Waals surface area contributed by atoms with Gasteiger partial charge in [-0.05, 0) is 0 Å². The highest BCUT2D eigenvalue weighted by atomic mass is 35.5. The maximum Gasteiger partial charge on any atom is 0.432 e. The Kier molecular flexibility index (Phi) is 6.13. The molecule has 0 N–H and O–H groups in total. The van der Waals surface area contributed by atoms with E-state index in [0.29, 0.717) is 0 Å². The molecular formula is C8H4Cl2F12O. The molecule has 0 aromatic heterocycles. The van der Waals surface area contributed by atoms with Gasteiger partial charge in [-0.3, -0.25) is 0 Å². The van der Waals surface area contributed by atoms with Crippen LogP contribution in [0.5, 0.6) is 0 Å². The van der Waals surface area contributed by atoms with Crippen LogP contribution in [0.4, 0.5) is 52.7 Å². The Hall–Kier alpha value is -0.300.